The lowest BCUT2D eigenvalue weighted by Crippen LogP contribution is -2.42. The molecule has 0 bridgehead atoms. The van der Waals surface area contributed by atoms with Gasteiger partial charge in [-0.25, -0.2) is 0 Å². The summed E-state index contributed by atoms with van der Waals surface area (Å²) in [7, 11) is 0. The molecule has 1 aromatic carbocycles. The van der Waals surface area contributed by atoms with Gasteiger partial charge < -0.3 is 4.90 Å². The molecule has 0 aliphatic carbocycles. The van der Waals surface area contributed by atoms with Crippen molar-refractivity contribution in [1.82, 2.24) is 4.90 Å². The second-order valence-electron chi connectivity index (χ2n) is 6.30. The van der Waals surface area contributed by atoms with Crippen LogP contribution in [0.25, 0.3) is 0 Å². The predicted octanol–water partition coefficient (Wildman–Crippen LogP) is 4.00. The zero-order valence-corrected chi connectivity index (χ0v) is 13.8. The Labute approximate surface area is 133 Å². The molecular weight excluding hydrogens is 274 g/mol. The van der Waals surface area contributed by atoms with Crippen molar-refractivity contribution < 1.29 is 9.59 Å². The van der Waals surface area contributed by atoms with Crippen molar-refractivity contribution in [1.29, 1.82) is 0 Å². The number of carbonyl (C=O) groups is 2. The van der Waals surface area contributed by atoms with Gasteiger partial charge in [0.2, 0.25) is 5.91 Å². The summed E-state index contributed by atoms with van der Waals surface area (Å²) < 4.78 is 0. The van der Waals surface area contributed by atoms with Crippen LogP contribution in [0.3, 0.4) is 0 Å². The molecule has 0 N–H and O–H groups in total. The quantitative estimate of drug-likeness (QED) is 0.745. The van der Waals surface area contributed by atoms with Gasteiger partial charge in [0.15, 0.2) is 5.78 Å². The van der Waals surface area contributed by atoms with Crippen molar-refractivity contribution in [2.75, 3.05) is 6.54 Å². The van der Waals surface area contributed by atoms with Crippen LogP contribution in [-0.4, -0.2) is 29.2 Å². The number of Topliss-reactive ketones (excluding diaryl/α,β-unsaturated/α-hetero) is 1. The Hall–Kier alpha value is -1.64. The number of rotatable bonds is 6. The molecule has 3 heteroatoms. The highest BCUT2D eigenvalue weighted by Gasteiger charge is 2.23. The van der Waals surface area contributed by atoms with E-state index in [1.54, 1.807) is 0 Å². The molecule has 3 nitrogen and oxygen atoms in total. The smallest absolute Gasteiger partial charge is 0.223 e. The lowest BCUT2D eigenvalue weighted by molar-refractivity contribution is -0.134. The van der Waals surface area contributed by atoms with E-state index < -0.39 is 0 Å². The molecule has 1 atom stereocenters. The fourth-order valence-corrected chi connectivity index (χ4v) is 3.12. The van der Waals surface area contributed by atoms with E-state index >= 15 is 0 Å². The first-order valence-electron chi connectivity index (χ1n) is 8.53. The highest BCUT2D eigenvalue weighted by Crippen LogP contribution is 2.18. The van der Waals surface area contributed by atoms with Crippen LogP contribution in [0, 0.1) is 0 Å². The zero-order chi connectivity index (χ0) is 15.9. The number of likely N-dealkylation sites (tertiary alicyclic amines) is 1. The Kier molecular flexibility index (Phi) is 6.17. The molecule has 120 valence electrons. The van der Waals surface area contributed by atoms with Crippen molar-refractivity contribution in [3.63, 3.8) is 0 Å². The summed E-state index contributed by atoms with van der Waals surface area (Å²) in [6.07, 6.45) is 6.17. The van der Waals surface area contributed by atoms with E-state index in [2.05, 4.69) is 13.8 Å². The molecule has 0 aromatic heterocycles. The predicted molar refractivity (Wildman–Crippen MR) is 89.0 cm³/mol. The third-order valence-corrected chi connectivity index (χ3v) is 4.50. The highest BCUT2D eigenvalue weighted by molar-refractivity contribution is 5.98. The molecule has 1 unspecified atom stereocenters. The number of amides is 1. The first kappa shape index (κ1) is 16.7. The van der Waals surface area contributed by atoms with Crippen LogP contribution in [0.1, 0.15) is 68.3 Å². The molecule has 1 aliphatic heterocycles. The number of piperidine rings is 1. The van der Waals surface area contributed by atoms with Crippen LogP contribution in [0.15, 0.2) is 24.3 Å². The summed E-state index contributed by atoms with van der Waals surface area (Å²) in [5.41, 5.74) is 1.98. The van der Waals surface area contributed by atoms with Crippen LogP contribution in [-0.2, 0) is 11.2 Å². The van der Waals surface area contributed by atoms with E-state index in [0.29, 0.717) is 18.9 Å². The number of aryl methyl sites for hydroxylation is 1. The van der Waals surface area contributed by atoms with Crippen molar-refractivity contribution >= 4 is 11.7 Å². The summed E-state index contributed by atoms with van der Waals surface area (Å²) in [5, 5.41) is 0. The lowest BCUT2D eigenvalue weighted by atomic mass is 10.0. The van der Waals surface area contributed by atoms with E-state index in [1.807, 2.05) is 29.2 Å². The van der Waals surface area contributed by atoms with Crippen LogP contribution in [0.4, 0.5) is 0 Å². The Balaban J connectivity index is 1.85. The van der Waals surface area contributed by atoms with Gasteiger partial charge in [0, 0.05) is 31.0 Å². The minimum absolute atomic E-state index is 0.0704. The minimum Gasteiger partial charge on any atom is -0.340 e. The summed E-state index contributed by atoms with van der Waals surface area (Å²) >= 11 is 0. The average Bonchev–Trinajstić information content (AvgIpc) is 2.54. The maximum absolute atomic E-state index is 12.3. The molecular formula is C19H27NO2. The molecule has 0 spiro atoms. The first-order chi connectivity index (χ1) is 10.6. The highest BCUT2D eigenvalue weighted by atomic mass is 16.2. The number of hydrogen-bond acceptors (Lipinski definition) is 2. The number of nitrogens with zero attached hydrogens (tertiary/aromatic N) is 1. The van der Waals surface area contributed by atoms with Gasteiger partial charge in [-0.05, 0) is 38.2 Å². The van der Waals surface area contributed by atoms with Gasteiger partial charge in [0.05, 0.1) is 0 Å². The first-order valence-corrected chi connectivity index (χ1v) is 8.53. The monoisotopic (exact) mass is 301 g/mol. The Morgan fingerprint density at radius 1 is 1.14 bits per heavy atom. The molecule has 1 fully saturated rings. The van der Waals surface area contributed by atoms with E-state index in [-0.39, 0.29) is 11.7 Å². The second kappa shape index (κ2) is 8.11. The molecule has 1 amide bonds. The zero-order valence-electron chi connectivity index (χ0n) is 13.8. The van der Waals surface area contributed by atoms with Crippen molar-refractivity contribution in [3.8, 4) is 0 Å². The topological polar surface area (TPSA) is 37.4 Å². The van der Waals surface area contributed by atoms with Gasteiger partial charge in [-0.1, -0.05) is 37.6 Å². The molecule has 2 rings (SSSR count). The van der Waals surface area contributed by atoms with Gasteiger partial charge in [0.1, 0.15) is 0 Å². The minimum atomic E-state index is 0.0704. The van der Waals surface area contributed by atoms with Crippen LogP contribution >= 0.6 is 0 Å². The van der Waals surface area contributed by atoms with Gasteiger partial charge in [-0.2, -0.15) is 0 Å². The number of ketones is 1. The molecule has 22 heavy (non-hydrogen) atoms. The van der Waals surface area contributed by atoms with E-state index in [1.165, 1.54) is 12.0 Å². The van der Waals surface area contributed by atoms with E-state index in [4.69, 9.17) is 0 Å². The number of hydrogen-bond donors (Lipinski definition) is 0. The standard InChI is InChI=1S/C19H27NO2/c1-3-6-16-8-10-17(11-9-16)18(21)12-13-19(22)20-14-5-4-7-15(20)2/h8-11,15H,3-7,12-14H2,1-2H3. The van der Waals surface area contributed by atoms with Gasteiger partial charge in [-0.15, -0.1) is 0 Å². The largest absolute Gasteiger partial charge is 0.340 e. The van der Waals surface area contributed by atoms with Crippen molar-refractivity contribution in [3.05, 3.63) is 35.4 Å². The lowest BCUT2D eigenvalue weighted by Gasteiger charge is -2.33. The molecule has 0 saturated carbocycles. The molecule has 1 aliphatic rings. The second-order valence-corrected chi connectivity index (χ2v) is 6.30. The number of benzene rings is 1. The maximum Gasteiger partial charge on any atom is 0.223 e. The van der Waals surface area contributed by atoms with Gasteiger partial charge in [-0.3, -0.25) is 9.59 Å². The summed E-state index contributed by atoms with van der Waals surface area (Å²) in [5.74, 6) is 0.198. The summed E-state index contributed by atoms with van der Waals surface area (Å²) in [6, 6.07) is 8.14. The molecule has 1 aromatic rings. The van der Waals surface area contributed by atoms with Crippen LogP contribution in [0.5, 0.6) is 0 Å². The fraction of sp³-hybridized carbons (Fsp3) is 0.579. The fourth-order valence-electron chi connectivity index (χ4n) is 3.12. The normalized spacial score (nSPS) is 18.3. The number of carbonyl (C=O) groups excluding carboxylic acids is 2. The van der Waals surface area contributed by atoms with Crippen molar-refractivity contribution in [2.24, 2.45) is 0 Å². The van der Waals surface area contributed by atoms with Gasteiger partial charge >= 0.3 is 0 Å². The third-order valence-electron chi connectivity index (χ3n) is 4.50. The summed E-state index contributed by atoms with van der Waals surface area (Å²) in [4.78, 5) is 26.4. The van der Waals surface area contributed by atoms with Crippen LogP contribution in [0.2, 0.25) is 0 Å². The summed E-state index contributed by atoms with van der Waals surface area (Å²) in [6.45, 7) is 5.09. The van der Waals surface area contributed by atoms with Gasteiger partial charge in [0.25, 0.3) is 0 Å². The Morgan fingerprint density at radius 2 is 1.86 bits per heavy atom. The molecule has 1 saturated heterocycles. The van der Waals surface area contributed by atoms with Crippen molar-refractivity contribution in [2.45, 2.75) is 64.8 Å². The maximum atomic E-state index is 12.3. The van der Waals surface area contributed by atoms with E-state index in [0.717, 1.165) is 37.8 Å². The molecule has 1 heterocycles. The van der Waals surface area contributed by atoms with Crippen LogP contribution < -0.4 is 0 Å². The third kappa shape index (κ3) is 4.43. The molecule has 0 radical (unpaired) electrons. The SMILES string of the molecule is CCCc1ccc(C(=O)CCC(=O)N2CCCCC2C)cc1. The Morgan fingerprint density at radius 3 is 2.50 bits per heavy atom. The Bertz CT molecular complexity index is 507. The van der Waals surface area contributed by atoms with E-state index in [9.17, 15) is 9.59 Å². The average molecular weight is 301 g/mol.